The second-order valence-electron chi connectivity index (χ2n) is 3.47. The highest BCUT2D eigenvalue weighted by Crippen LogP contribution is 2.15. The fraction of sp³-hybridized carbons (Fsp3) is 0.250. The summed E-state index contributed by atoms with van der Waals surface area (Å²) in [5.41, 5.74) is 0.579. The Balaban J connectivity index is 2.75. The number of nitrogens with zero attached hydrogens (tertiary/aromatic N) is 1. The summed E-state index contributed by atoms with van der Waals surface area (Å²) in [7, 11) is 1.47. The normalized spacial score (nSPS) is 12.9. The first kappa shape index (κ1) is 10.9. The third-order valence-corrected chi connectivity index (χ3v) is 2.56. The van der Waals surface area contributed by atoms with Gasteiger partial charge in [-0.3, -0.25) is 9.36 Å². The Labute approximate surface area is 92.7 Å². The van der Waals surface area contributed by atoms with Crippen LogP contribution in [-0.4, -0.2) is 23.4 Å². The van der Waals surface area contributed by atoms with Crippen LogP contribution in [0.2, 0.25) is 0 Å². The highest BCUT2D eigenvalue weighted by molar-refractivity contribution is 5.78. The Hall–Kier alpha value is -1.65. The third-order valence-electron chi connectivity index (χ3n) is 2.56. The molecule has 2 rings (SSSR count). The van der Waals surface area contributed by atoms with Gasteiger partial charge in [0.15, 0.2) is 6.23 Å². The lowest BCUT2D eigenvalue weighted by molar-refractivity contribution is -0.00178. The molecule has 0 bridgehead atoms. The molecule has 1 aromatic carbocycles. The number of fused-ring (bicyclic) bond motifs is 1. The maximum atomic E-state index is 11.8. The van der Waals surface area contributed by atoms with Crippen LogP contribution in [0.3, 0.4) is 0 Å². The summed E-state index contributed by atoms with van der Waals surface area (Å²) in [5, 5.41) is 10.1. The van der Waals surface area contributed by atoms with E-state index in [0.29, 0.717) is 0 Å². The lowest BCUT2D eigenvalue weighted by Crippen LogP contribution is -2.27. The van der Waals surface area contributed by atoms with E-state index in [-0.39, 0.29) is 12.2 Å². The molecule has 1 heterocycles. The molecule has 0 aliphatic rings. The van der Waals surface area contributed by atoms with Gasteiger partial charge in [0, 0.05) is 13.2 Å². The fourth-order valence-electron chi connectivity index (χ4n) is 1.77. The average Bonchev–Trinajstić information content (AvgIpc) is 2.33. The molecule has 0 saturated heterocycles. The van der Waals surface area contributed by atoms with Crippen molar-refractivity contribution in [1.82, 2.24) is 4.57 Å². The summed E-state index contributed by atoms with van der Waals surface area (Å²) in [6.45, 7) is -0.232. The highest BCUT2D eigenvalue weighted by atomic mass is 16.5. The Morgan fingerprint density at radius 3 is 2.75 bits per heavy atom. The Morgan fingerprint density at radius 2 is 2.06 bits per heavy atom. The molecule has 1 N–H and O–H groups in total. The monoisotopic (exact) mass is 219 g/mol. The molecular weight excluding hydrogens is 206 g/mol. The number of para-hydroxylation sites is 1. The first-order chi connectivity index (χ1) is 7.77. The molecule has 0 fully saturated rings. The molecule has 1 atom stereocenters. The fourth-order valence-corrected chi connectivity index (χ4v) is 1.77. The molecular formula is C12H13NO3. The lowest BCUT2D eigenvalue weighted by Gasteiger charge is -2.17. The second kappa shape index (κ2) is 4.47. The highest BCUT2D eigenvalue weighted by Gasteiger charge is 2.12. The van der Waals surface area contributed by atoms with Gasteiger partial charge in [-0.05, 0) is 17.5 Å². The number of benzene rings is 1. The van der Waals surface area contributed by atoms with Crippen LogP contribution in [0.1, 0.15) is 6.23 Å². The summed E-state index contributed by atoms with van der Waals surface area (Å²) in [6.07, 6.45) is -0.640. The molecule has 1 aromatic heterocycles. The molecule has 0 spiro atoms. The minimum absolute atomic E-state index is 0.181. The standard InChI is InChI=1S/C12H13NO3/c1-16-12(8-14)13-10-5-3-2-4-9(10)6-7-11(13)15/h2-7,12,14H,8H2,1H3. The van der Waals surface area contributed by atoms with Crippen molar-refractivity contribution in [2.75, 3.05) is 13.7 Å². The number of methoxy groups -OCH3 is 1. The van der Waals surface area contributed by atoms with Crippen molar-refractivity contribution in [2.24, 2.45) is 0 Å². The number of aromatic nitrogens is 1. The van der Waals surface area contributed by atoms with Gasteiger partial charge in [0.2, 0.25) is 0 Å². The van der Waals surface area contributed by atoms with Crippen LogP contribution in [0.15, 0.2) is 41.2 Å². The third kappa shape index (κ3) is 1.73. The number of pyridine rings is 1. The molecule has 0 amide bonds. The van der Waals surface area contributed by atoms with E-state index >= 15 is 0 Å². The second-order valence-corrected chi connectivity index (χ2v) is 3.47. The smallest absolute Gasteiger partial charge is 0.253 e. The summed E-state index contributed by atoms with van der Waals surface area (Å²) >= 11 is 0. The Kier molecular flexibility index (Phi) is 3.03. The van der Waals surface area contributed by atoms with Crippen LogP contribution in [0.4, 0.5) is 0 Å². The van der Waals surface area contributed by atoms with E-state index in [1.807, 2.05) is 24.3 Å². The first-order valence-corrected chi connectivity index (χ1v) is 5.02. The molecule has 0 aliphatic heterocycles. The van der Waals surface area contributed by atoms with Crippen molar-refractivity contribution in [1.29, 1.82) is 0 Å². The average molecular weight is 219 g/mol. The van der Waals surface area contributed by atoms with E-state index in [9.17, 15) is 9.90 Å². The zero-order chi connectivity index (χ0) is 11.5. The minimum Gasteiger partial charge on any atom is -0.392 e. The van der Waals surface area contributed by atoms with Crippen LogP contribution in [0, 0.1) is 0 Å². The zero-order valence-electron chi connectivity index (χ0n) is 8.96. The van der Waals surface area contributed by atoms with E-state index in [1.54, 1.807) is 6.07 Å². The van der Waals surface area contributed by atoms with Gasteiger partial charge in [0.05, 0.1) is 12.1 Å². The molecule has 4 nitrogen and oxygen atoms in total. The van der Waals surface area contributed by atoms with Gasteiger partial charge in [-0.25, -0.2) is 0 Å². The Bertz CT molecular complexity index is 543. The van der Waals surface area contributed by atoms with Crippen molar-refractivity contribution >= 4 is 10.9 Å². The number of rotatable bonds is 3. The number of aliphatic hydroxyl groups is 1. The van der Waals surface area contributed by atoms with Crippen molar-refractivity contribution in [3.8, 4) is 0 Å². The molecule has 0 aliphatic carbocycles. The van der Waals surface area contributed by atoms with E-state index in [0.717, 1.165) is 10.9 Å². The zero-order valence-corrected chi connectivity index (χ0v) is 8.96. The summed E-state index contributed by atoms with van der Waals surface area (Å²) in [4.78, 5) is 11.8. The number of ether oxygens (including phenoxy) is 1. The molecule has 16 heavy (non-hydrogen) atoms. The number of hydrogen-bond acceptors (Lipinski definition) is 3. The maximum Gasteiger partial charge on any atom is 0.253 e. The van der Waals surface area contributed by atoms with Crippen LogP contribution in [0.25, 0.3) is 10.9 Å². The van der Waals surface area contributed by atoms with Crippen LogP contribution in [-0.2, 0) is 4.74 Å². The topological polar surface area (TPSA) is 51.5 Å². The van der Waals surface area contributed by atoms with Gasteiger partial charge in [-0.2, -0.15) is 0 Å². The van der Waals surface area contributed by atoms with Crippen molar-refractivity contribution in [3.63, 3.8) is 0 Å². The molecule has 4 heteroatoms. The summed E-state index contributed by atoms with van der Waals surface area (Å²) in [6, 6.07) is 10.7. The van der Waals surface area contributed by atoms with E-state index in [2.05, 4.69) is 0 Å². The first-order valence-electron chi connectivity index (χ1n) is 5.02. The van der Waals surface area contributed by atoms with E-state index < -0.39 is 6.23 Å². The summed E-state index contributed by atoms with van der Waals surface area (Å²) in [5.74, 6) is 0. The van der Waals surface area contributed by atoms with Crippen LogP contribution < -0.4 is 5.56 Å². The largest absolute Gasteiger partial charge is 0.392 e. The molecule has 1 unspecified atom stereocenters. The van der Waals surface area contributed by atoms with Crippen molar-refractivity contribution in [2.45, 2.75) is 6.23 Å². The number of aliphatic hydroxyl groups excluding tert-OH is 1. The maximum absolute atomic E-state index is 11.8. The summed E-state index contributed by atoms with van der Waals surface area (Å²) < 4.78 is 6.54. The van der Waals surface area contributed by atoms with Gasteiger partial charge < -0.3 is 9.84 Å². The molecule has 0 radical (unpaired) electrons. The lowest BCUT2D eigenvalue weighted by atomic mass is 10.2. The van der Waals surface area contributed by atoms with Crippen LogP contribution in [0.5, 0.6) is 0 Å². The Morgan fingerprint density at radius 1 is 1.31 bits per heavy atom. The quantitative estimate of drug-likeness (QED) is 0.842. The minimum atomic E-state index is -0.640. The molecule has 84 valence electrons. The van der Waals surface area contributed by atoms with Gasteiger partial charge in [-0.1, -0.05) is 18.2 Å². The van der Waals surface area contributed by atoms with Crippen LogP contribution >= 0.6 is 0 Å². The SMILES string of the molecule is COC(CO)n1c(=O)ccc2ccccc21. The van der Waals surface area contributed by atoms with E-state index in [1.165, 1.54) is 17.7 Å². The van der Waals surface area contributed by atoms with Gasteiger partial charge in [0.25, 0.3) is 5.56 Å². The molecule has 2 aromatic rings. The van der Waals surface area contributed by atoms with Gasteiger partial charge in [-0.15, -0.1) is 0 Å². The van der Waals surface area contributed by atoms with Gasteiger partial charge >= 0.3 is 0 Å². The van der Waals surface area contributed by atoms with E-state index in [4.69, 9.17) is 4.74 Å². The predicted octanol–water partition coefficient (Wildman–Crippen LogP) is 1.14. The predicted molar refractivity (Wildman–Crippen MR) is 61.3 cm³/mol. The van der Waals surface area contributed by atoms with Gasteiger partial charge in [0.1, 0.15) is 0 Å². The van der Waals surface area contributed by atoms with Crippen molar-refractivity contribution in [3.05, 3.63) is 46.8 Å². The number of hydrogen-bond donors (Lipinski definition) is 1. The molecule has 0 saturated carbocycles. The van der Waals surface area contributed by atoms with Crippen molar-refractivity contribution < 1.29 is 9.84 Å².